The van der Waals surface area contributed by atoms with Crippen LogP contribution in [0.4, 0.5) is 0 Å². The first-order valence-corrected chi connectivity index (χ1v) is 9.66. The molecule has 26 heavy (non-hydrogen) atoms. The number of methoxy groups -OCH3 is 1. The zero-order valence-corrected chi connectivity index (χ0v) is 16.4. The minimum absolute atomic E-state index is 0.517. The van der Waals surface area contributed by atoms with Crippen LogP contribution in [0.3, 0.4) is 0 Å². The molecule has 2 saturated heterocycles. The molecule has 0 aliphatic carbocycles. The van der Waals surface area contributed by atoms with Crippen molar-refractivity contribution >= 4 is 10.9 Å². The first kappa shape index (κ1) is 17.8. The van der Waals surface area contributed by atoms with Gasteiger partial charge < -0.3 is 23.8 Å². The number of likely N-dealkylation sites (tertiary alicyclic amines) is 1. The summed E-state index contributed by atoms with van der Waals surface area (Å²) in [5.74, 6) is 2.15. The van der Waals surface area contributed by atoms with Crippen molar-refractivity contribution in [3.63, 3.8) is 0 Å². The Morgan fingerprint density at radius 2 is 2.12 bits per heavy atom. The van der Waals surface area contributed by atoms with E-state index in [0.29, 0.717) is 17.9 Å². The summed E-state index contributed by atoms with van der Waals surface area (Å²) >= 11 is 0. The van der Waals surface area contributed by atoms with E-state index in [1.165, 1.54) is 22.9 Å². The van der Waals surface area contributed by atoms with Crippen LogP contribution in [-0.4, -0.2) is 74.5 Å². The Morgan fingerprint density at radius 3 is 2.81 bits per heavy atom. The Kier molecular flexibility index (Phi) is 4.95. The quantitative estimate of drug-likeness (QED) is 0.823. The van der Waals surface area contributed by atoms with E-state index in [0.717, 1.165) is 38.6 Å². The van der Waals surface area contributed by atoms with Crippen molar-refractivity contribution in [3.8, 4) is 5.75 Å². The highest BCUT2D eigenvalue weighted by atomic mass is 16.5. The Balaban J connectivity index is 1.65. The van der Waals surface area contributed by atoms with Gasteiger partial charge in [0.1, 0.15) is 5.75 Å². The number of hydrogen-bond acceptors (Lipinski definition) is 4. The molecular weight excluding hydrogens is 326 g/mol. The topological polar surface area (TPSA) is 29.9 Å². The molecule has 0 bridgehead atoms. The number of likely N-dealkylation sites (N-methyl/N-ethyl adjacent to an activating group) is 1. The minimum Gasteiger partial charge on any atom is -0.497 e. The molecule has 0 saturated carbocycles. The molecule has 2 aliphatic rings. The number of hydrogen-bond donors (Lipinski definition) is 0. The molecule has 3 atom stereocenters. The highest BCUT2D eigenvalue weighted by Gasteiger charge is 2.37. The van der Waals surface area contributed by atoms with Crippen molar-refractivity contribution in [1.82, 2.24) is 14.4 Å². The molecule has 1 aromatic carbocycles. The van der Waals surface area contributed by atoms with Crippen molar-refractivity contribution < 1.29 is 9.47 Å². The van der Waals surface area contributed by atoms with Gasteiger partial charge in [0.05, 0.1) is 13.7 Å². The van der Waals surface area contributed by atoms with Crippen molar-refractivity contribution in [2.24, 2.45) is 13.0 Å². The molecule has 142 valence electrons. The van der Waals surface area contributed by atoms with E-state index >= 15 is 0 Å². The second-order valence-corrected chi connectivity index (χ2v) is 8.16. The summed E-state index contributed by atoms with van der Waals surface area (Å²) in [6.45, 7) is 5.28. The predicted molar refractivity (Wildman–Crippen MR) is 105 cm³/mol. The monoisotopic (exact) mass is 357 g/mol. The molecule has 5 nitrogen and oxygen atoms in total. The highest BCUT2D eigenvalue weighted by Crippen LogP contribution is 2.37. The van der Waals surface area contributed by atoms with E-state index in [9.17, 15) is 0 Å². The normalized spacial score (nSPS) is 27.0. The second-order valence-electron chi connectivity index (χ2n) is 8.16. The lowest BCUT2D eigenvalue weighted by molar-refractivity contribution is 0.171. The van der Waals surface area contributed by atoms with Gasteiger partial charge >= 0.3 is 0 Å². The van der Waals surface area contributed by atoms with E-state index in [1.807, 2.05) is 0 Å². The maximum Gasteiger partial charge on any atom is 0.119 e. The molecule has 0 spiro atoms. The zero-order valence-electron chi connectivity index (χ0n) is 16.4. The van der Waals surface area contributed by atoms with Gasteiger partial charge in [0.25, 0.3) is 0 Å². The lowest BCUT2D eigenvalue weighted by Crippen LogP contribution is -2.35. The number of ether oxygens (including phenoxy) is 2. The average Bonchev–Trinajstić information content (AvgIpc) is 3.34. The van der Waals surface area contributed by atoms with Crippen molar-refractivity contribution in [3.05, 3.63) is 30.0 Å². The molecule has 4 rings (SSSR count). The summed E-state index contributed by atoms with van der Waals surface area (Å²) < 4.78 is 13.3. The van der Waals surface area contributed by atoms with Crippen LogP contribution in [0.5, 0.6) is 5.75 Å². The van der Waals surface area contributed by atoms with Crippen molar-refractivity contribution in [1.29, 1.82) is 0 Å². The minimum atomic E-state index is 0.517. The zero-order chi connectivity index (χ0) is 18.3. The van der Waals surface area contributed by atoms with Crippen molar-refractivity contribution in [2.75, 3.05) is 54.1 Å². The SMILES string of the molecule is COc1ccc2c(c1)c([C@@H]1CN(C[C@@H]3CCOC3)C[C@H]1N(C)C)cn2C. The standard InChI is InChI=1S/C21H31N3O2/c1-22(2)21-13-24(10-15-7-8-26-14-15)12-19(21)18-11-23(3)20-6-5-16(25-4)9-17(18)20/h5-6,9,11,15,19,21H,7-8,10,12-14H2,1-4H3/t15-,19-,21+/m0/s1. The summed E-state index contributed by atoms with van der Waals surface area (Å²) in [4.78, 5) is 5.04. The van der Waals surface area contributed by atoms with Gasteiger partial charge in [-0.05, 0) is 50.2 Å². The lowest BCUT2D eigenvalue weighted by atomic mass is 9.93. The Hall–Kier alpha value is -1.56. The van der Waals surface area contributed by atoms with Gasteiger partial charge in [-0.2, -0.15) is 0 Å². The van der Waals surface area contributed by atoms with E-state index in [4.69, 9.17) is 9.47 Å². The summed E-state index contributed by atoms with van der Waals surface area (Å²) in [6, 6.07) is 6.96. The molecule has 3 heterocycles. The maximum absolute atomic E-state index is 5.59. The van der Waals surface area contributed by atoms with E-state index in [-0.39, 0.29) is 0 Å². The number of aromatic nitrogens is 1. The summed E-state index contributed by atoms with van der Waals surface area (Å²) in [5, 5.41) is 1.33. The van der Waals surface area contributed by atoms with Crippen LogP contribution in [0.1, 0.15) is 17.9 Å². The third kappa shape index (κ3) is 3.24. The van der Waals surface area contributed by atoms with Crippen LogP contribution in [0, 0.1) is 5.92 Å². The predicted octanol–water partition coefficient (Wildman–Crippen LogP) is 2.55. The largest absolute Gasteiger partial charge is 0.497 e. The van der Waals surface area contributed by atoms with E-state index in [1.54, 1.807) is 7.11 Å². The van der Waals surface area contributed by atoms with Gasteiger partial charge in [-0.25, -0.2) is 0 Å². The number of fused-ring (bicyclic) bond motifs is 1. The van der Waals surface area contributed by atoms with Crippen LogP contribution in [-0.2, 0) is 11.8 Å². The van der Waals surface area contributed by atoms with Gasteiger partial charge in [-0.3, -0.25) is 0 Å². The molecular formula is C21H31N3O2. The maximum atomic E-state index is 5.59. The third-order valence-corrected chi connectivity index (χ3v) is 6.20. The summed E-state index contributed by atoms with van der Waals surface area (Å²) in [5.41, 5.74) is 2.73. The van der Waals surface area contributed by atoms with Gasteiger partial charge in [0.15, 0.2) is 0 Å². The highest BCUT2D eigenvalue weighted by molar-refractivity contribution is 5.86. The Bertz CT molecular complexity index is 764. The summed E-state index contributed by atoms with van der Waals surface area (Å²) in [7, 11) is 8.32. The number of benzene rings is 1. The lowest BCUT2D eigenvalue weighted by Gasteiger charge is -2.25. The van der Waals surface area contributed by atoms with Crippen molar-refractivity contribution in [2.45, 2.75) is 18.4 Å². The number of aryl methyl sites for hydroxylation is 1. The van der Waals surface area contributed by atoms with Gasteiger partial charge in [0.2, 0.25) is 0 Å². The fourth-order valence-corrected chi connectivity index (χ4v) is 4.76. The molecule has 0 unspecified atom stereocenters. The number of nitrogens with zero attached hydrogens (tertiary/aromatic N) is 3. The third-order valence-electron chi connectivity index (χ3n) is 6.20. The van der Waals surface area contributed by atoms with E-state index in [2.05, 4.69) is 59.9 Å². The van der Waals surface area contributed by atoms with E-state index < -0.39 is 0 Å². The summed E-state index contributed by atoms with van der Waals surface area (Å²) in [6.07, 6.45) is 3.53. The molecule has 0 radical (unpaired) electrons. The first-order valence-electron chi connectivity index (χ1n) is 9.66. The molecule has 0 amide bonds. The number of rotatable bonds is 5. The fourth-order valence-electron chi connectivity index (χ4n) is 4.76. The van der Waals surface area contributed by atoms with Crippen LogP contribution in [0.15, 0.2) is 24.4 Å². The van der Waals surface area contributed by atoms with Gasteiger partial charge in [0, 0.05) is 62.3 Å². The average molecular weight is 357 g/mol. The van der Waals surface area contributed by atoms with Crippen LogP contribution < -0.4 is 4.74 Å². The second kappa shape index (κ2) is 7.22. The molecule has 2 aromatic rings. The Morgan fingerprint density at radius 1 is 1.27 bits per heavy atom. The first-order chi connectivity index (χ1) is 12.6. The van der Waals surface area contributed by atoms with Crippen LogP contribution in [0.25, 0.3) is 10.9 Å². The molecule has 0 N–H and O–H groups in total. The smallest absolute Gasteiger partial charge is 0.119 e. The molecule has 1 aromatic heterocycles. The van der Waals surface area contributed by atoms with Gasteiger partial charge in [-0.1, -0.05) is 0 Å². The van der Waals surface area contributed by atoms with Gasteiger partial charge in [-0.15, -0.1) is 0 Å². The molecule has 2 aliphatic heterocycles. The molecule has 5 heteroatoms. The van der Waals surface area contributed by atoms with Crippen LogP contribution >= 0.6 is 0 Å². The fraction of sp³-hybridized carbons (Fsp3) is 0.619. The van der Waals surface area contributed by atoms with Crippen LogP contribution in [0.2, 0.25) is 0 Å². The Labute approximate surface area is 156 Å². The molecule has 2 fully saturated rings.